The number of likely N-dealkylation sites (N-methyl/N-ethyl adjacent to an activating group) is 1. The van der Waals surface area contributed by atoms with E-state index >= 15 is 0 Å². The van der Waals surface area contributed by atoms with Gasteiger partial charge in [-0.15, -0.1) is 0 Å². The average molecular weight is 565 g/mol. The summed E-state index contributed by atoms with van der Waals surface area (Å²) in [6, 6.07) is 0.274. The van der Waals surface area contributed by atoms with Gasteiger partial charge in [0.1, 0.15) is 0 Å². The molecular weight excluding hydrogens is 530 g/mol. The maximum Gasteiger partial charge on any atom is 0.490 e. The molecule has 10 nitrogen and oxygen atoms in total. The first-order valence-electron chi connectivity index (χ1n) is 12.3. The van der Waals surface area contributed by atoms with Crippen LogP contribution in [0.4, 0.5) is 31.1 Å². The van der Waals surface area contributed by atoms with Gasteiger partial charge >= 0.3 is 30.3 Å². The highest BCUT2D eigenvalue weighted by molar-refractivity contribution is 5.75. The molecule has 4 saturated heterocycles. The highest BCUT2D eigenvalue weighted by Gasteiger charge is 2.43. The Kier molecular flexibility index (Phi) is 11.4. The Morgan fingerprint density at radius 3 is 1.79 bits per heavy atom. The lowest BCUT2D eigenvalue weighted by Gasteiger charge is -2.39. The van der Waals surface area contributed by atoms with Crippen molar-refractivity contribution in [3.8, 4) is 0 Å². The number of halogens is 6. The number of carbonyl (C=O) groups excluding carboxylic acids is 1. The molecule has 0 aromatic carbocycles. The summed E-state index contributed by atoms with van der Waals surface area (Å²) in [7, 11) is 2.20. The van der Waals surface area contributed by atoms with Crippen LogP contribution in [-0.4, -0.2) is 139 Å². The Hall–Kier alpha value is -2.33. The van der Waals surface area contributed by atoms with Crippen molar-refractivity contribution in [2.45, 2.75) is 37.7 Å². The van der Waals surface area contributed by atoms with Gasteiger partial charge in [-0.3, -0.25) is 4.90 Å². The molecule has 0 aliphatic carbocycles. The number of fused-ring (bicyclic) bond motifs is 1. The molecule has 38 heavy (non-hydrogen) atoms. The molecule has 0 spiro atoms. The summed E-state index contributed by atoms with van der Waals surface area (Å²) in [6.45, 7) is 10.2. The lowest BCUT2D eigenvalue weighted by Crippen LogP contribution is -2.52. The van der Waals surface area contributed by atoms with Crippen LogP contribution in [0.15, 0.2) is 0 Å². The summed E-state index contributed by atoms with van der Waals surface area (Å²) < 4.78 is 69.6. The summed E-state index contributed by atoms with van der Waals surface area (Å²) in [5.41, 5.74) is 0. The molecule has 4 heterocycles. The third-order valence-corrected chi connectivity index (χ3v) is 6.97. The Morgan fingerprint density at radius 1 is 0.816 bits per heavy atom. The zero-order valence-corrected chi connectivity index (χ0v) is 21.0. The van der Waals surface area contributed by atoms with Crippen LogP contribution in [0, 0.1) is 11.8 Å². The Balaban J connectivity index is 0.000000301. The van der Waals surface area contributed by atoms with Crippen LogP contribution in [0.2, 0.25) is 0 Å². The molecule has 0 aromatic heterocycles. The summed E-state index contributed by atoms with van der Waals surface area (Å²) >= 11 is 0. The maximum atomic E-state index is 12.7. The van der Waals surface area contributed by atoms with Crippen LogP contribution < -0.4 is 0 Å². The third kappa shape index (κ3) is 9.76. The number of alkyl halides is 6. The Labute approximate surface area is 216 Å². The minimum absolute atomic E-state index is 0.274. The summed E-state index contributed by atoms with van der Waals surface area (Å²) in [5.74, 6) is -4.32. The second kappa shape index (κ2) is 13.6. The molecule has 4 aliphatic heterocycles. The van der Waals surface area contributed by atoms with E-state index in [-0.39, 0.29) is 6.03 Å². The molecule has 220 valence electrons. The second-order valence-electron chi connectivity index (χ2n) is 9.72. The number of rotatable bonds is 2. The summed E-state index contributed by atoms with van der Waals surface area (Å²) in [6.07, 6.45) is -6.40. The van der Waals surface area contributed by atoms with Gasteiger partial charge in [0.15, 0.2) is 0 Å². The zero-order chi connectivity index (χ0) is 28.7. The molecular formula is C22H34F6N4O6. The van der Waals surface area contributed by atoms with Gasteiger partial charge < -0.3 is 29.6 Å². The number of piperidine rings is 1. The minimum Gasteiger partial charge on any atom is -0.475 e. The molecule has 3 atom stereocenters. The predicted molar refractivity (Wildman–Crippen MR) is 120 cm³/mol. The zero-order valence-electron chi connectivity index (χ0n) is 21.0. The number of urea groups is 1. The molecule has 0 radical (unpaired) electrons. The molecule has 16 heteroatoms. The first-order chi connectivity index (χ1) is 17.6. The maximum absolute atomic E-state index is 12.7. The minimum atomic E-state index is -5.08. The molecule has 2 N–H and O–H groups in total. The van der Waals surface area contributed by atoms with Crippen molar-refractivity contribution < 1.29 is 55.7 Å². The van der Waals surface area contributed by atoms with Gasteiger partial charge in [0.2, 0.25) is 0 Å². The standard InChI is InChI=1S/C18H32N4O2.2C2HF3O2/c1-19-8-10-20(11-9-19)13-17-16-12-22(7-4-15(16)14-24-17)18(23)21-5-2-3-6-21;2*3-2(4,5)1(6)7/h15-17H,2-14H2,1H3;2*(H,6,7)/t15-,16-,17+;;/m0../s1. The Morgan fingerprint density at radius 2 is 1.32 bits per heavy atom. The molecule has 4 aliphatic rings. The fourth-order valence-corrected chi connectivity index (χ4v) is 4.78. The molecule has 4 rings (SSSR count). The van der Waals surface area contributed by atoms with Gasteiger partial charge in [0, 0.05) is 64.8 Å². The normalized spacial score (nSPS) is 26.6. The van der Waals surface area contributed by atoms with Gasteiger partial charge in [-0.25, -0.2) is 14.4 Å². The lowest BCUT2D eigenvalue weighted by atomic mass is 9.84. The predicted octanol–water partition coefficient (Wildman–Crippen LogP) is 2.05. The van der Waals surface area contributed by atoms with E-state index in [0.717, 1.165) is 71.9 Å². The van der Waals surface area contributed by atoms with E-state index in [1.54, 1.807) is 0 Å². The molecule has 0 aromatic rings. The third-order valence-electron chi connectivity index (χ3n) is 6.97. The van der Waals surface area contributed by atoms with E-state index in [4.69, 9.17) is 24.5 Å². The largest absolute Gasteiger partial charge is 0.490 e. The van der Waals surface area contributed by atoms with Crippen LogP contribution in [0.5, 0.6) is 0 Å². The van der Waals surface area contributed by atoms with Crippen LogP contribution >= 0.6 is 0 Å². The van der Waals surface area contributed by atoms with E-state index in [9.17, 15) is 31.1 Å². The highest BCUT2D eigenvalue weighted by atomic mass is 19.4. The number of amides is 2. The molecule has 4 fully saturated rings. The average Bonchev–Trinajstić information content (AvgIpc) is 3.50. The van der Waals surface area contributed by atoms with Gasteiger partial charge in [0.05, 0.1) is 12.7 Å². The van der Waals surface area contributed by atoms with Crippen LogP contribution in [0.25, 0.3) is 0 Å². The van der Waals surface area contributed by atoms with Crippen molar-refractivity contribution in [1.29, 1.82) is 0 Å². The lowest BCUT2D eigenvalue weighted by molar-refractivity contribution is -0.193. The van der Waals surface area contributed by atoms with Crippen molar-refractivity contribution in [2.75, 3.05) is 72.6 Å². The number of hydrogen-bond acceptors (Lipinski definition) is 6. The first kappa shape index (κ1) is 31.9. The van der Waals surface area contributed by atoms with Crippen molar-refractivity contribution >= 4 is 18.0 Å². The van der Waals surface area contributed by atoms with Crippen molar-refractivity contribution in [2.24, 2.45) is 11.8 Å². The van der Waals surface area contributed by atoms with Crippen molar-refractivity contribution in [1.82, 2.24) is 19.6 Å². The topological polar surface area (TPSA) is 114 Å². The SMILES string of the molecule is CN1CCN(C[C@H]2OC[C@@H]3CCN(C(=O)N4CCCC4)C[C@@H]32)CC1.O=C(O)C(F)(F)F.O=C(O)C(F)(F)F. The van der Waals surface area contributed by atoms with E-state index in [1.165, 1.54) is 12.8 Å². The fourth-order valence-electron chi connectivity index (χ4n) is 4.78. The van der Waals surface area contributed by atoms with E-state index in [0.29, 0.717) is 17.9 Å². The van der Waals surface area contributed by atoms with Gasteiger partial charge in [0.25, 0.3) is 0 Å². The van der Waals surface area contributed by atoms with Crippen molar-refractivity contribution in [3.63, 3.8) is 0 Å². The number of aliphatic carboxylic acids is 2. The number of carbonyl (C=O) groups is 3. The summed E-state index contributed by atoms with van der Waals surface area (Å²) in [5, 5.41) is 14.2. The van der Waals surface area contributed by atoms with E-state index < -0.39 is 24.3 Å². The van der Waals surface area contributed by atoms with Crippen molar-refractivity contribution in [3.05, 3.63) is 0 Å². The number of piperazine rings is 1. The van der Waals surface area contributed by atoms with Crippen LogP contribution in [0.3, 0.4) is 0 Å². The quantitative estimate of drug-likeness (QED) is 0.491. The van der Waals surface area contributed by atoms with Crippen LogP contribution in [0.1, 0.15) is 19.3 Å². The number of nitrogens with zero attached hydrogens (tertiary/aromatic N) is 4. The van der Waals surface area contributed by atoms with Crippen LogP contribution in [-0.2, 0) is 14.3 Å². The second-order valence-corrected chi connectivity index (χ2v) is 9.72. The fraction of sp³-hybridized carbons (Fsp3) is 0.864. The van der Waals surface area contributed by atoms with E-state index in [1.807, 2.05) is 4.90 Å². The monoisotopic (exact) mass is 564 g/mol. The molecule has 0 saturated carbocycles. The number of likely N-dealkylation sites (tertiary alicyclic amines) is 2. The Bertz CT molecular complexity index is 776. The first-order valence-corrected chi connectivity index (χ1v) is 12.3. The number of carboxylic acids is 2. The molecule has 0 unspecified atom stereocenters. The van der Waals surface area contributed by atoms with Gasteiger partial charge in [-0.2, -0.15) is 26.3 Å². The smallest absolute Gasteiger partial charge is 0.475 e. The summed E-state index contributed by atoms with van der Waals surface area (Å²) in [4.78, 5) is 39.6. The number of carboxylic acid groups (broad SMARTS) is 2. The van der Waals surface area contributed by atoms with Gasteiger partial charge in [-0.05, 0) is 32.2 Å². The van der Waals surface area contributed by atoms with E-state index in [2.05, 4.69) is 21.7 Å². The number of hydrogen-bond donors (Lipinski definition) is 2. The van der Waals surface area contributed by atoms with Gasteiger partial charge in [-0.1, -0.05) is 0 Å². The molecule has 2 amide bonds. The number of ether oxygens (including phenoxy) is 1. The highest BCUT2D eigenvalue weighted by Crippen LogP contribution is 2.35. The molecule has 0 bridgehead atoms.